The molecule has 0 radical (unpaired) electrons. The van der Waals surface area contributed by atoms with Gasteiger partial charge in [-0.25, -0.2) is 8.42 Å². The zero-order valence-electron chi connectivity index (χ0n) is 26.1. The van der Waals surface area contributed by atoms with Crippen molar-refractivity contribution in [2.45, 2.75) is 64.1 Å². The van der Waals surface area contributed by atoms with E-state index in [1.807, 2.05) is 94.4 Å². The number of amides is 2. The molecule has 2 amide bonds. The van der Waals surface area contributed by atoms with E-state index in [9.17, 15) is 18.0 Å². The second-order valence-electron chi connectivity index (χ2n) is 11.3. The van der Waals surface area contributed by atoms with E-state index in [0.29, 0.717) is 5.69 Å². The maximum absolute atomic E-state index is 14.6. The first-order valence-corrected chi connectivity index (χ1v) is 17.3. The first kappa shape index (κ1) is 33.9. The third-order valence-corrected chi connectivity index (χ3v) is 10.1. The van der Waals surface area contributed by atoms with Crippen molar-refractivity contribution in [3.63, 3.8) is 0 Å². The van der Waals surface area contributed by atoms with E-state index in [1.165, 1.54) is 21.3 Å². The molecule has 1 N–H and O–H groups in total. The summed E-state index contributed by atoms with van der Waals surface area (Å²) in [6.45, 7) is 7.30. The summed E-state index contributed by atoms with van der Waals surface area (Å²) in [4.78, 5) is 30.1. The number of sulfonamides is 1. The smallest absolute Gasteiger partial charge is 0.264 e. The van der Waals surface area contributed by atoms with Crippen LogP contribution in [0.25, 0.3) is 0 Å². The molecule has 45 heavy (non-hydrogen) atoms. The number of anilines is 1. The lowest BCUT2D eigenvalue weighted by molar-refractivity contribution is -0.140. The Labute approximate surface area is 275 Å². The van der Waals surface area contributed by atoms with Crippen molar-refractivity contribution >= 4 is 43.5 Å². The van der Waals surface area contributed by atoms with Gasteiger partial charge in [-0.05, 0) is 74.2 Å². The van der Waals surface area contributed by atoms with E-state index in [1.54, 1.807) is 24.3 Å². The van der Waals surface area contributed by atoms with Gasteiger partial charge in [-0.1, -0.05) is 101 Å². The molecule has 0 heterocycles. The molecule has 4 rings (SSSR count). The van der Waals surface area contributed by atoms with Gasteiger partial charge in [0.25, 0.3) is 10.0 Å². The summed E-state index contributed by atoms with van der Waals surface area (Å²) in [5.74, 6) is -0.778. The molecule has 0 fully saturated rings. The van der Waals surface area contributed by atoms with E-state index >= 15 is 0 Å². The third-order valence-electron chi connectivity index (χ3n) is 7.77. The van der Waals surface area contributed by atoms with Crippen LogP contribution in [-0.4, -0.2) is 43.8 Å². The Balaban J connectivity index is 1.82. The molecule has 236 valence electrons. The molecule has 9 heteroatoms. The topological polar surface area (TPSA) is 86.8 Å². The van der Waals surface area contributed by atoms with Gasteiger partial charge in [0.2, 0.25) is 11.8 Å². The largest absolute Gasteiger partial charge is 0.352 e. The Kier molecular flexibility index (Phi) is 11.6. The molecule has 0 aromatic heterocycles. The molecule has 0 saturated heterocycles. The van der Waals surface area contributed by atoms with Crippen LogP contribution in [0, 0.1) is 13.8 Å². The lowest BCUT2D eigenvalue weighted by Gasteiger charge is -2.34. The monoisotopic (exact) mass is 689 g/mol. The van der Waals surface area contributed by atoms with Crippen molar-refractivity contribution < 1.29 is 18.0 Å². The molecule has 0 unspecified atom stereocenters. The summed E-state index contributed by atoms with van der Waals surface area (Å²) >= 11 is 3.47. The van der Waals surface area contributed by atoms with Crippen LogP contribution in [0.15, 0.2) is 112 Å². The van der Waals surface area contributed by atoms with Gasteiger partial charge in [0, 0.05) is 23.5 Å². The van der Waals surface area contributed by atoms with Crippen molar-refractivity contribution in [2.75, 3.05) is 10.8 Å². The van der Waals surface area contributed by atoms with Crippen molar-refractivity contribution in [3.05, 3.63) is 130 Å². The van der Waals surface area contributed by atoms with Gasteiger partial charge in [0.05, 0.1) is 10.6 Å². The summed E-state index contributed by atoms with van der Waals surface area (Å²) in [6, 6.07) is 29.6. The second-order valence-corrected chi connectivity index (χ2v) is 14.1. The zero-order valence-corrected chi connectivity index (χ0v) is 28.5. The molecule has 0 aliphatic heterocycles. The fourth-order valence-electron chi connectivity index (χ4n) is 5.10. The quantitative estimate of drug-likeness (QED) is 0.167. The molecule has 7 nitrogen and oxygen atoms in total. The van der Waals surface area contributed by atoms with Gasteiger partial charge >= 0.3 is 0 Å². The average molecular weight is 691 g/mol. The number of nitrogens with zero attached hydrogens (tertiary/aromatic N) is 2. The Bertz CT molecular complexity index is 1700. The first-order valence-electron chi connectivity index (χ1n) is 15.0. The minimum atomic E-state index is -4.15. The number of rotatable bonds is 13. The van der Waals surface area contributed by atoms with Gasteiger partial charge < -0.3 is 10.2 Å². The third kappa shape index (κ3) is 8.83. The van der Waals surface area contributed by atoms with Crippen LogP contribution in [0.1, 0.15) is 42.5 Å². The summed E-state index contributed by atoms with van der Waals surface area (Å²) < 4.78 is 30.4. The van der Waals surface area contributed by atoms with Crippen LogP contribution in [0.2, 0.25) is 0 Å². The van der Waals surface area contributed by atoms with Gasteiger partial charge in [-0.2, -0.15) is 0 Å². The molecule has 4 aromatic rings. The predicted molar refractivity (Wildman–Crippen MR) is 183 cm³/mol. The summed E-state index contributed by atoms with van der Waals surface area (Å²) in [5, 5.41) is 3.06. The number of carbonyl (C=O) groups excluding carboxylic acids is 2. The van der Waals surface area contributed by atoms with Crippen molar-refractivity contribution in [3.8, 4) is 0 Å². The first-order chi connectivity index (χ1) is 21.5. The molecule has 0 spiro atoms. The predicted octanol–water partition coefficient (Wildman–Crippen LogP) is 6.82. The number of hydrogen-bond donors (Lipinski definition) is 1. The zero-order chi connectivity index (χ0) is 32.6. The van der Waals surface area contributed by atoms with E-state index in [4.69, 9.17) is 0 Å². The Hall–Kier alpha value is -3.95. The maximum Gasteiger partial charge on any atom is 0.264 e. The molecule has 0 bridgehead atoms. The van der Waals surface area contributed by atoms with Crippen molar-refractivity contribution in [1.82, 2.24) is 10.2 Å². The Morgan fingerprint density at radius 2 is 1.47 bits per heavy atom. The van der Waals surface area contributed by atoms with Crippen LogP contribution < -0.4 is 9.62 Å². The second kappa shape index (κ2) is 15.4. The average Bonchev–Trinajstić information content (AvgIpc) is 3.03. The number of nitrogens with one attached hydrogen (secondary N) is 1. The lowest BCUT2D eigenvalue weighted by atomic mass is 10.0. The highest BCUT2D eigenvalue weighted by Crippen LogP contribution is 2.28. The number of carbonyl (C=O) groups is 2. The van der Waals surface area contributed by atoms with Gasteiger partial charge in [0.15, 0.2) is 0 Å². The molecular formula is C36H40BrN3O4S. The summed E-state index contributed by atoms with van der Waals surface area (Å²) in [5.41, 5.74) is 3.80. The fourth-order valence-corrected chi connectivity index (χ4v) is 6.86. The highest BCUT2D eigenvalue weighted by atomic mass is 79.9. The molecule has 0 saturated carbocycles. The summed E-state index contributed by atoms with van der Waals surface area (Å²) in [6.07, 6.45) is 0.987. The SMILES string of the molecule is CC[C@H](C)NC(=O)[C@H](Cc1ccccc1)N(Cc1ccc(Br)cc1)C(=O)CN(c1ccc(C)cc1C)S(=O)(=O)c1ccccc1. The van der Waals surface area contributed by atoms with Gasteiger partial charge in [-0.3, -0.25) is 13.9 Å². The van der Waals surface area contributed by atoms with E-state index < -0.39 is 28.5 Å². The normalized spacial score (nSPS) is 12.6. The lowest BCUT2D eigenvalue weighted by Crippen LogP contribution is -2.54. The van der Waals surface area contributed by atoms with E-state index in [-0.39, 0.29) is 29.8 Å². The molecule has 4 aromatic carbocycles. The minimum absolute atomic E-state index is 0.0765. The van der Waals surface area contributed by atoms with Gasteiger partial charge in [0.1, 0.15) is 12.6 Å². The van der Waals surface area contributed by atoms with Crippen molar-refractivity contribution in [2.24, 2.45) is 0 Å². The van der Waals surface area contributed by atoms with Gasteiger partial charge in [-0.15, -0.1) is 0 Å². The fraction of sp³-hybridized carbons (Fsp3) is 0.278. The van der Waals surface area contributed by atoms with Crippen molar-refractivity contribution in [1.29, 1.82) is 0 Å². The molecular weight excluding hydrogens is 650 g/mol. The van der Waals surface area contributed by atoms with Crippen LogP contribution in [0.4, 0.5) is 5.69 Å². The summed E-state index contributed by atoms with van der Waals surface area (Å²) in [7, 11) is -4.15. The number of halogens is 1. The molecule has 0 aliphatic carbocycles. The van der Waals surface area contributed by atoms with E-state index in [2.05, 4.69) is 21.2 Å². The van der Waals surface area contributed by atoms with Crippen LogP contribution >= 0.6 is 15.9 Å². The number of hydrogen-bond acceptors (Lipinski definition) is 4. The van der Waals surface area contributed by atoms with Crippen LogP contribution in [-0.2, 0) is 32.6 Å². The number of benzene rings is 4. The minimum Gasteiger partial charge on any atom is -0.352 e. The van der Waals surface area contributed by atoms with Crippen LogP contribution in [0.3, 0.4) is 0 Å². The molecule has 2 atom stereocenters. The van der Waals surface area contributed by atoms with Crippen LogP contribution in [0.5, 0.6) is 0 Å². The Morgan fingerprint density at radius 1 is 0.844 bits per heavy atom. The highest BCUT2D eigenvalue weighted by Gasteiger charge is 2.35. The van der Waals surface area contributed by atoms with E-state index in [0.717, 1.165) is 33.1 Å². The number of aryl methyl sites for hydroxylation is 2. The maximum atomic E-state index is 14.6. The standard InChI is InChI=1S/C36H40BrN3O4S/c1-5-28(4)38-36(42)34(23-29-12-8-6-9-13-29)39(24-30-17-19-31(37)20-18-30)35(41)25-40(33-21-16-26(2)22-27(33)3)45(43,44)32-14-10-7-11-15-32/h6-22,28,34H,5,23-25H2,1-4H3,(H,38,42)/t28-,34-/m0/s1. The Morgan fingerprint density at radius 3 is 2.07 bits per heavy atom. The highest BCUT2D eigenvalue weighted by molar-refractivity contribution is 9.10. The molecule has 0 aliphatic rings.